The minimum atomic E-state index is 0.331. The number of allylic oxidation sites excluding steroid dienone is 8. The molecule has 0 aliphatic heterocycles. The van der Waals surface area contributed by atoms with Crippen LogP contribution in [0, 0.1) is 5.92 Å². The molecule has 2 nitrogen and oxygen atoms in total. The van der Waals surface area contributed by atoms with Crippen LogP contribution in [-0.4, -0.2) is 25.4 Å². The third-order valence-corrected chi connectivity index (χ3v) is 9.48. The molecule has 0 spiro atoms. The Morgan fingerprint density at radius 1 is 0.400 bits per heavy atom. The van der Waals surface area contributed by atoms with Gasteiger partial charge in [-0.15, -0.1) is 0 Å². The van der Waals surface area contributed by atoms with Crippen LogP contribution in [0.4, 0.5) is 0 Å². The highest BCUT2D eigenvalue weighted by Crippen LogP contribution is 2.33. The van der Waals surface area contributed by atoms with Crippen molar-refractivity contribution < 1.29 is 9.47 Å². The van der Waals surface area contributed by atoms with Gasteiger partial charge in [0.25, 0.3) is 0 Å². The maximum absolute atomic E-state index is 6.40. The zero-order chi connectivity index (χ0) is 32.3. The molecule has 0 aromatic carbocycles. The highest BCUT2D eigenvalue weighted by molar-refractivity contribution is 4.93. The maximum Gasteiger partial charge on any atom is 0.0839 e. The van der Waals surface area contributed by atoms with Crippen LogP contribution >= 0.6 is 0 Å². The Bertz CT molecular complexity index is 647. The first-order valence-corrected chi connectivity index (χ1v) is 20.1. The second-order valence-corrected chi connectivity index (χ2v) is 13.7. The van der Waals surface area contributed by atoms with Crippen LogP contribution in [0.25, 0.3) is 0 Å². The van der Waals surface area contributed by atoms with E-state index in [0.717, 1.165) is 32.0 Å². The highest BCUT2D eigenvalue weighted by Gasteiger charge is 2.34. The molecule has 1 rings (SSSR count). The van der Waals surface area contributed by atoms with Gasteiger partial charge in [-0.1, -0.05) is 153 Å². The van der Waals surface area contributed by atoms with Crippen molar-refractivity contribution in [2.75, 3.05) is 13.2 Å². The van der Waals surface area contributed by atoms with Crippen LogP contribution in [-0.2, 0) is 9.47 Å². The van der Waals surface area contributed by atoms with Crippen molar-refractivity contribution in [1.82, 2.24) is 0 Å². The second kappa shape index (κ2) is 34.2. The van der Waals surface area contributed by atoms with Gasteiger partial charge in [-0.2, -0.15) is 0 Å². The molecule has 0 amide bonds. The molecule has 1 aliphatic rings. The summed E-state index contributed by atoms with van der Waals surface area (Å²) in [5.41, 5.74) is 0. The van der Waals surface area contributed by atoms with Gasteiger partial charge < -0.3 is 9.47 Å². The SMILES string of the molecule is CCCCC/C=C\C/C=C\CCCCCCCCO[C@H]1CC(CC)C[C@H]1OCCCCCCCC/C=C\C/C=C\CCCCC. The zero-order valence-corrected chi connectivity index (χ0v) is 30.7. The second-order valence-electron chi connectivity index (χ2n) is 13.7. The first kappa shape index (κ1) is 41.9. The van der Waals surface area contributed by atoms with E-state index in [0.29, 0.717) is 12.2 Å². The largest absolute Gasteiger partial charge is 0.376 e. The van der Waals surface area contributed by atoms with E-state index in [1.165, 1.54) is 161 Å². The fourth-order valence-corrected chi connectivity index (χ4v) is 6.39. The lowest BCUT2D eigenvalue weighted by molar-refractivity contribution is -0.0578. The molecule has 1 unspecified atom stereocenters. The molecular weight excluding hydrogens is 548 g/mol. The quantitative estimate of drug-likeness (QED) is 0.0533. The lowest BCUT2D eigenvalue weighted by atomic mass is 10.1. The Balaban J connectivity index is 1.95. The molecule has 262 valence electrons. The van der Waals surface area contributed by atoms with Crippen LogP contribution in [0.3, 0.4) is 0 Å². The summed E-state index contributed by atoms with van der Waals surface area (Å²) in [4.78, 5) is 0. The summed E-state index contributed by atoms with van der Waals surface area (Å²) in [5, 5.41) is 0. The van der Waals surface area contributed by atoms with Gasteiger partial charge >= 0.3 is 0 Å². The van der Waals surface area contributed by atoms with Crippen molar-refractivity contribution >= 4 is 0 Å². The number of ether oxygens (including phenoxy) is 2. The molecule has 3 atom stereocenters. The Morgan fingerprint density at radius 3 is 1.09 bits per heavy atom. The minimum absolute atomic E-state index is 0.331. The van der Waals surface area contributed by atoms with E-state index in [9.17, 15) is 0 Å². The van der Waals surface area contributed by atoms with E-state index < -0.39 is 0 Å². The van der Waals surface area contributed by atoms with E-state index in [1.807, 2.05) is 0 Å². The molecule has 1 saturated carbocycles. The van der Waals surface area contributed by atoms with E-state index in [-0.39, 0.29) is 0 Å². The zero-order valence-electron chi connectivity index (χ0n) is 30.7. The Kier molecular flexibility index (Phi) is 31.9. The maximum atomic E-state index is 6.40. The van der Waals surface area contributed by atoms with Gasteiger partial charge in [-0.3, -0.25) is 0 Å². The summed E-state index contributed by atoms with van der Waals surface area (Å²) in [6.45, 7) is 8.70. The van der Waals surface area contributed by atoms with Gasteiger partial charge in [-0.05, 0) is 95.8 Å². The predicted octanol–water partition coefficient (Wildman–Crippen LogP) is 14.2. The number of hydrogen-bond acceptors (Lipinski definition) is 2. The molecule has 2 heteroatoms. The van der Waals surface area contributed by atoms with Crippen molar-refractivity contribution in [2.45, 2.75) is 206 Å². The van der Waals surface area contributed by atoms with E-state index in [1.54, 1.807) is 0 Å². The van der Waals surface area contributed by atoms with Gasteiger partial charge in [0.1, 0.15) is 0 Å². The minimum Gasteiger partial charge on any atom is -0.376 e. The van der Waals surface area contributed by atoms with Gasteiger partial charge in [0.15, 0.2) is 0 Å². The Morgan fingerprint density at radius 2 is 0.733 bits per heavy atom. The highest BCUT2D eigenvalue weighted by atomic mass is 16.5. The monoisotopic (exact) mass is 627 g/mol. The first-order valence-electron chi connectivity index (χ1n) is 20.1. The molecule has 0 aromatic heterocycles. The fourth-order valence-electron chi connectivity index (χ4n) is 6.39. The van der Waals surface area contributed by atoms with Gasteiger partial charge in [-0.25, -0.2) is 0 Å². The molecule has 45 heavy (non-hydrogen) atoms. The Labute approximate surface area is 283 Å². The Hall–Kier alpha value is -1.12. The molecular formula is C43H78O2. The summed E-state index contributed by atoms with van der Waals surface area (Å²) in [7, 11) is 0. The summed E-state index contributed by atoms with van der Waals surface area (Å²) in [6, 6.07) is 0. The molecule has 0 radical (unpaired) electrons. The topological polar surface area (TPSA) is 18.5 Å². The third kappa shape index (κ3) is 27.7. The summed E-state index contributed by atoms with van der Waals surface area (Å²) >= 11 is 0. The third-order valence-electron chi connectivity index (χ3n) is 9.48. The van der Waals surface area contributed by atoms with Crippen molar-refractivity contribution in [3.05, 3.63) is 48.6 Å². The average Bonchev–Trinajstić information content (AvgIpc) is 3.45. The number of hydrogen-bond donors (Lipinski definition) is 0. The van der Waals surface area contributed by atoms with E-state index in [4.69, 9.17) is 9.47 Å². The molecule has 0 N–H and O–H groups in total. The van der Waals surface area contributed by atoms with Crippen LogP contribution in [0.1, 0.15) is 194 Å². The summed E-state index contributed by atoms with van der Waals surface area (Å²) < 4.78 is 12.8. The molecule has 0 saturated heterocycles. The smallest absolute Gasteiger partial charge is 0.0839 e. The van der Waals surface area contributed by atoms with E-state index >= 15 is 0 Å². The first-order chi connectivity index (χ1) is 22.3. The summed E-state index contributed by atoms with van der Waals surface area (Å²) in [6.07, 6.45) is 54.2. The number of rotatable bonds is 33. The molecule has 1 fully saturated rings. The van der Waals surface area contributed by atoms with Gasteiger partial charge in [0, 0.05) is 13.2 Å². The summed E-state index contributed by atoms with van der Waals surface area (Å²) in [5.74, 6) is 0.784. The molecule has 0 heterocycles. The molecule has 0 aromatic rings. The van der Waals surface area contributed by atoms with Gasteiger partial charge in [0.2, 0.25) is 0 Å². The van der Waals surface area contributed by atoms with Crippen molar-refractivity contribution in [1.29, 1.82) is 0 Å². The standard InChI is InChI=1S/C43H78O2/c1-4-7-9-11-13-15-17-19-21-23-25-27-29-31-33-35-37-44-42-39-41(6-3)40-43(42)45-38-36-34-32-30-28-26-24-22-20-18-16-14-12-10-8-5-2/h13-16,19-22,41-43H,4-12,17-18,23-40H2,1-3H3/b15-13-,16-14-,21-19-,22-20-/t41?,42-,43+. The van der Waals surface area contributed by atoms with Crippen LogP contribution in [0.15, 0.2) is 48.6 Å². The lowest BCUT2D eigenvalue weighted by Gasteiger charge is -2.21. The molecule has 0 bridgehead atoms. The fraction of sp³-hybridized carbons (Fsp3) is 0.814. The van der Waals surface area contributed by atoms with Crippen molar-refractivity contribution in [3.63, 3.8) is 0 Å². The van der Waals surface area contributed by atoms with Crippen LogP contribution < -0.4 is 0 Å². The van der Waals surface area contributed by atoms with Crippen molar-refractivity contribution in [2.24, 2.45) is 5.92 Å². The lowest BCUT2D eigenvalue weighted by Crippen LogP contribution is -2.27. The predicted molar refractivity (Wildman–Crippen MR) is 201 cm³/mol. The van der Waals surface area contributed by atoms with E-state index in [2.05, 4.69) is 69.4 Å². The van der Waals surface area contributed by atoms with Gasteiger partial charge in [0.05, 0.1) is 12.2 Å². The van der Waals surface area contributed by atoms with Crippen molar-refractivity contribution in [3.8, 4) is 0 Å². The van der Waals surface area contributed by atoms with Crippen LogP contribution in [0.5, 0.6) is 0 Å². The van der Waals surface area contributed by atoms with Crippen LogP contribution in [0.2, 0.25) is 0 Å². The number of unbranched alkanes of at least 4 members (excludes halogenated alkanes) is 18. The normalized spacial score (nSPS) is 19.0. The average molecular weight is 627 g/mol. The molecule has 1 aliphatic carbocycles.